The lowest BCUT2D eigenvalue weighted by atomic mass is 10.1. The molecule has 0 aliphatic carbocycles. The van der Waals surface area contributed by atoms with E-state index < -0.39 is 0 Å². The van der Waals surface area contributed by atoms with E-state index in [2.05, 4.69) is 5.32 Å². The Morgan fingerprint density at radius 3 is 2.58 bits per heavy atom. The number of anilines is 2. The fraction of sp³-hybridized carbons (Fsp3) is 0.133. The average Bonchev–Trinajstić information content (AvgIpc) is 2.42. The average molecular weight is 275 g/mol. The van der Waals surface area contributed by atoms with Crippen LogP contribution in [0.5, 0.6) is 0 Å². The largest absolute Gasteiger partial charge is 0.398 e. The summed E-state index contributed by atoms with van der Waals surface area (Å²) < 4.78 is 0. The van der Waals surface area contributed by atoms with Gasteiger partial charge in [-0.25, -0.2) is 0 Å². The summed E-state index contributed by atoms with van der Waals surface area (Å²) in [5.41, 5.74) is 7.92. The molecule has 0 spiro atoms. The first kappa shape index (κ1) is 13.4. The van der Waals surface area contributed by atoms with Gasteiger partial charge in [0.15, 0.2) is 0 Å². The third kappa shape index (κ3) is 4.00. The van der Waals surface area contributed by atoms with E-state index in [1.807, 2.05) is 30.3 Å². The second kappa shape index (κ2) is 6.25. The Kier molecular flexibility index (Phi) is 4.42. The van der Waals surface area contributed by atoms with Crippen LogP contribution in [0.1, 0.15) is 12.0 Å². The molecule has 0 atom stereocenters. The minimum Gasteiger partial charge on any atom is -0.398 e. The smallest absolute Gasteiger partial charge is 0.224 e. The highest BCUT2D eigenvalue weighted by Crippen LogP contribution is 2.22. The van der Waals surface area contributed by atoms with Gasteiger partial charge in [-0.05, 0) is 30.2 Å². The lowest BCUT2D eigenvalue weighted by molar-refractivity contribution is -0.116. The van der Waals surface area contributed by atoms with Crippen LogP contribution in [0.3, 0.4) is 0 Å². The Labute approximate surface area is 117 Å². The van der Waals surface area contributed by atoms with Gasteiger partial charge >= 0.3 is 0 Å². The van der Waals surface area contributed by atoms with E-state index in [-0.39, 0.29) is 5.91 Å². The molecule has 0 aliphatic heterocycles. The molecule has 0 aromatic heterocycles. The van der Waals surface area contributed by atoms with Crippen LogP contribution in [0.15, 0.2) is 48.5 Å². The van der Waals surface area contributed by atoms with E-state index in [0.29, 0.717) is 22.8 Å². The molecule has 3 nitrogen and oxygen atoms in total. The van der Waals surface area contributed by atoms with Crippen molar-refractivity contribution in [3.63, 3.8) is 0 Å². The van der Waals surface area contributed by atoms with Crippen LogP contribution < -0.4 is 11.1 Å². The predicted octanol–water partition coefficient (Wildman–Crippen LogP) is 3.49. The third-order valence-corrected chi connectivity index (χ3v) is 3.10. The fourth-order valence-corrected chi connectivity index (χ4v) is 1.91. The summed E-state index contributed by atoms with van der Waals surface area (Å²) >= 11 is 5.89. The van der Waals surface area contributed by atoms with E-state index >= 15 is 0 Å². The summed E-state index contributed by atoms with van der Waals surface area (Å²) in [6, 6.07) is 15.0. The summed E-state index contributed by atoms with van der Waals surface area (Å²) in [6.45, 7) is 0. The third-order valence-electron chi connectivity index (χ3n) is 2.77. The molecule has 4 heteroatoms. The Hall–Kier alpha value is -2.00. The summed E-state index contributed by atoms with van der Waals surface area (Å²) in [4.78, 5) is 11.8. The molecule has 98 valence electrons. The molecule has 0 fully saturated rings. The van der Waals surface area contributed by atoms with Crippen LogP contribution in [0.4, 0.5) is 11.4 Å². The summed E-state index contributed by atoms with van der Waals surface area (Å²) in [6.07, 6.45) is 1.15. The molecule has 3 N–H and O–H groups in total. The number of nitrogens with one attached hydrogen (secondary N) is 1. The number of halogens is 1. The fourth-order valence-electron chi connectivity index (χ4n) is 1.73. The van der Waals surface area contributed by atoms with Crippen molar-refractivity contribution in [2.45, 2.75) is 12.8 Å². The van der Waals surface area contributed by atoms with Crippen LogP contribution in [-0.4, -0.2) is 5.91 Å². The zero-order valence-electron chi connectivity index (χ0n) is 10.4. The minimum atomic E-state index is -0.0373. The van der Waals surface area contributed by atoms with Crippen molar-refractivity contribution in [1.82, 2.24) is 0 Å². The van der Waals surface area contributed by atoms with Crippen molar-refractivity contribution in [3.8, 4) is 0 Å². The van der Waals surface area contributed by atoms with Gasteiger partial charge in [-0.1, -0.05) is 41.9 Å². The van der Waals surface area contributed by atoms with Gasteiger partial charge in [0.2, 0.25) is 5.91 Å². The van der Waals surface area contributed by atoms with Gasteiger partial charge in [0, 0.05) is 12.1 Å². The first-order chi connectivity index (χ1) is 9.15. The van der Waals surface area contributed by atoms with E-state index in [9.17, 15) is 4.79 Å². The number of nitrogen functional groups attached to an aromatic ring is 1. The first-order valence-corrected chi connectivity index (χ1v) is 6.42. The lowest BCUT2D eigenvalue weighted by Crippen LogP contribution is -2.12. The van der Waals surface area contributed by atoms with Crippen LogP contribution in [0.25, 0.3) is 0 Å². The number of amides is 1. The maximum absolute atomic E-state index is 11.8. The van der Waals surface area contributed by atoms with Gasteiger partial charge < -0.3 is 11.1 Å². The maximum Gasteiger partial charge on any atom is 0.224 e. The second-order valence-electron chi connectivity index (χ2n) is 4.27. The summed E-state index contributed by atoms with van der Waals surface area (Å²) in [5, 5.41) is 3.25. The molecule has 2 aromatic carbocycles. The molecule has 0 saturated heterocycles. The number of rotatable bonds is 4. The van der Waals surface area contributed by atoms with Crippen LogP contribution >= 0.6 is 11.6 Å². The quantitative estimate of drug-likeness (QED) is 0.839. The van der Waals surface area contributed by atoms with E-state index in [4.69, 9.17) is 17.3 Å². The molecule has 19 heavy (non-hydrogen) atoms. The molecular weight excluding hydrogens is 260 g/mol. The summed E-state index contributed by atoms with van der Waals surface area (Å²) in [7, 11) is 0. The first-order valence-electron chi connectivity index (χ1n) is 6.04. The van der Waals surface area contributed by atoms with Crippen molar-refractivity contribution in [2.75, 3.05) is 11.1 Å². The highest BCUT2D eigenvalue weighted by molar-refractivity contribution is 6.33. The molecule has 0 saturated carbocycles. The molecule has 0 unspecified atom stereocenters. The predicted molar refractivity (Wildman–Crippen MR) is 79.3 cm³/mol. The molecule has 2 rings (SSSR count). The number of hydrogen-bond donors (Lipinski definition) is 2. The highest BCUT2D eigenvalue weighted by Gasteiger charge is 2.04. The minimum absolute atomic E-state index is 0.0373. The lowest BCUT2D eigenvalue weighted by Gasteiger charge is -2.07. The van der Waals surface area contributed by atoms with Gasteiger partial charge in [-0.15, -0.1) is 0 Å². The molecule has 2 aromatic rings. The highest BCUT2D eigenvalue weighted by atomic mass is 35.5. The van der Waals surface area contributed by atoms with E-state index in [0.717, 1.165) is 12.0 Å². The Morgan fingerprint density at radius 1 is 1.16 bits per heavy atom. The molecule has 0 heterocycles. The Balaban J connectivity index is 1.89. The van der Waals surface area contributed by atoms with Gasteiger partial charge in [-0.3, -0.25) is 4.79 Å². The van der Waals surface area contributed by atoms with Crippen LogP contribution in [-0.2, 0) is 11.2 Å². The number of hydrogen-bond acceptors (Lipinski definition) is 2. The van der Waals surface area contributed by atoms with Gasteiger partial charge in [0.05, 0.1) is 10.7 Å². The second-order valence-corrected chi connectivity index (χ2v) is 4.68. The molecule has 1 amide bonds. The summed E-state index contributed by atoms with van der Waals surface area (Å²) in [5.74, 6) is -0.0373. The normalized spacial score (nSPS) is 10.2. The standard InChI is InChI=1S/C15H15ClN2O/c16-13-10-12(7-8-14(13)17)18-15(19)9-6-11-4-2-1-3-5-11/h1-5,7-8,10H,6,9,17H2,(H,18,19). The monoisotopic (exact) mass is 274 g/mol. The number of aryl methyl sites for hydroxylation is 1. The van der Waals surface area contributed by atoms with Gasteiger partial charge in [0.25, 0.3) is 0 Å². The number of benzene rings is 2. The van der Waals surface area contributed by atoms with Crippen molar-refractivity contribution in [3.05, 3.63) is 59.1 Å². The number of carbonyl (C=O) groups excluding carboxylic acids is 1. The van der Waals surface area contributed by atoms with Gasteiger partial charge in [-0.2, -0.15) is 0 Å². The number of nitrogens with two attached hydrogens (primary N) is 1. The molecule has 0 radical (unpaired) electrons. The van der Waals surface area contributed by atoms with Crippen molar-refractivity contribution >= 4 is 28.9 Å². The van der Waals surface area contributed by atoms with Gasteiger partial charge in [0.1, 0.15) is 0 Å². The molecular formula is C15H15ClN2O. The van der Waals surface area contributed by atoms with E-state index in [1.165, 1.54) is 0 Å². The van der Waals surface area contributed by atoms with Crippen LogP contribution in [0.2, 0.25) is 5.02 Å². The molecule has 0 bridgehead atoms. The van der Waals surface area contributed by atoms with Crippen molar-refractivity contribution in [2.24, 2.45) is 0 Å². The van der Waals surface area contributed by atoms with Crippen molar-refractivity contribution in [1.29, 1.82) is 0 Å². The van der Waals surface area contributed by atoms with E-state index in [1.54, 1.807) is 18.2 Å². The Bertz CT molecular complexity index is 570. The SMILES string of the molecule is Nc1ccc(NC(=O)CCc2ccccc2)cc1Cl. The topological polar surface area (TPSA) is 55.1 Å². The molecule has 0 aliphatic rings. The maximum atomic E-state index is 11.8. The zero-order chi connectivity index (χ0) is 13.7. The number of carbonyl (C=O) groups is 1. The van der Waals surface area contributed by atoms with Crippen LogP contribution in [0, 0.1) is 0 Å². The van der Waals surface area contributed by atoms with Crippen molar-refractivity contribution < 1.29 is 4.79 Å². The zero-order valence-corrected chi connectivity index (χ0v) is 11.2. The Morgan fingerprint density at radius 2 is 1.89 bits per heavy atom.